The lowest BCUT2D eigenvalue weighted by molar-refractivity contribution is -0.288. The van der Waals surface area contributed by atoms with Gasteiger partial charge < -0.3 is 10.5 Å². The molecular weight excluding hydrogens is 215 g/mol. The zero-order valence-corrected chi connectivity index (χ0v) is 7.25. The third-order valence-corrected chi connectivity index (χ3v) is 1.76. The van der Waals surface area contributed by atoms with E-state index in [2.05, 4.69) is 0 Å². The topological polar surface area (TPSA) is 76.4 Å². The van der Waals surface area contributed by atoms with E-state index in [1.165, 1.54) is 6.07 Å². The molecule has 0 radical (unpaired) electrons. The van der Waals surface area contributed by atoms with E-state index in [0.29, 0.717) is 6.08 Å². The van der Waals surface area contributed by atoms with Crippen LogP contribution >= 0.6 is 0 Å². The Morgan fingerprint density at radius 3 is 2.73 bits per heavy atom. The number of carbonyl (C=O) groups is 1. The Balaban J connectivity index is 2.95. The average molecular weight is 221 g/mol. The molecule has 0 saturated carbocycles. The Labute approximate surface area is 82.4 Å². The number of nitrogens with one attached hydrogen (secondary N) is 1. The Morgan fingerprint density at radius 1 is 1.67 bits per heavy atom. The minimum absolute atomic E-state index is 0.0315. The van der Waals surface area contributed by atoms with Gasteiger partial charge in [-0.05, 0) is 6.08 Å². The van der Waals surface area contributed by atoms with Gasteiger partial charge in [0.1, 0.15) is 6.42 Å². The molecule has 1 atom stereocenters. The number of alkyl halides is 3. The Hall–Kier alpha value is -1.75. The number of rotatable bonds is 1. The zero-order valence-electron chi connectivity index (χ0n) is 7.25. The highest BCUT2D eigenvalue weighted by Crippen LogP contribution is 2.36. The summed E-state index contributed by atoms with van der Waals surface area (Å²) in [5.74, 6) is -1.16. The minimum Gasteiger partial charge on any atom is -0.359 e. The van der Waals surface area contributed by atoms with Crippen LogP contribution in [0.4, 0.5) is 13.2 Å². The second-order valence-corrected chi connectivity index (χ2v) is 2.75. The average Bonchev–Trinajstić information content (AvgIpc) is 2.48. The van der Waals surface area contributed by atoms with Crippen molar-refractivity contribution in [2.45, 2.75) is 18.3 Å². The van der Waals surface area contributed by atoms with Crippen molar-refractivity contribution in [2.24, 2.45) is 0 Å². The van der Waals surface area contributed by atoms with Gasteiger partial charge in [0.2, 0.25) is 0 Å². The summed E-state index contributed by atoms with van der Waals surface area (Å²) >= 11 is 0. The van der Waals surface area contributed by atoms with Crippen molar-refractivity contribution < 1.29 is 23.1 Å². The number of halogens is 3. The van der Waals surface area contributed by atoms with Gasteiger partial charge in [-0.15, -0.1) is 0 Å². The van der Waals surface area contributed by atoms with Crippen molar-refractivity contribution in [1.82, 2.24) is 10.4 Å². The molecule has 5 nitrogen and oxygen atoms in total. The first kappa shape index (κ1) is 11.3. The van der Waals surface area contributed by atoms with E-state index in [9.17, 15) is 23.1 Å². The fourth-order valence-corrected chi connectivity index (χ4v) is 1.03. The highest BCUT2D eigenvalue weighted by Gasteiger charge is 2.60. The monoisotopic (exact) mass is 221 g/mol. The normalized spacial score (nSPS) is 24.9. The summed E-state index contributed by atoms with van der Waals surface area (Å²) in [5.41, 5.74) is -1.47. The van der Waals surface area contributed by atoms with Crippen LogP contribution in [0.5, 0.6) is 0 Å². The summed E-state index contributed by atoms with van der Waals surface area (Å²) in [7, 11) is 0. The van der Waals surface area contributed by atoms with E-state index in [4.69, 9.17) is 5.26 Å². The molecule has 0 bridgehead atoms. The van der Waals surface area contributed by atoms with Gasteiger partial charge in [0.15, 0.2) is 0 Å². The number of nitrogens with zero attached hydrogens (tertiary/aromatic N) is 2. The fraction of sp³-hybridized carbons (Fsp3) is 0.429. The van der Waals surface area contributed by atoms with E-state index >= 15 is 0 Å². The molecule has 0 aromatic heterocycles. The largest absolute Gasteiger partial charge is 0.442 e. The number of hydrogen-bond acceptors (Lipinski definition) is 4. The highest BCUT2D eigenvalue weighted by molar-refractivity contribution is 5.79. The van der Waals surface area contributed by atoms with E-state index in [-0.39, 0.29) is 5.01 Å². The fourth-order valence-electron chi connectivity index (χ4n) is 1.03. The maximum atomic E-state index is 12.4. The summed E-state index contributed by atoms with van der Waals surface area (Å²) in [6, 6.07) is 1.40. The lowest BCUT2D eigenvalue weighted by Crippen LogP contribution is -2.60. The van der Waals surface area contributed by atoms with Crippen LogP contribution in [-0.2, 0) is 4.79 Å². The van der Waals surface area contributed by atoms with E-state index < -0.39 is 24.2 Å². The van der Waals surface area contributed by atoms with Crippen molar-refractivity contribution in [3.63, 3.8) is 0 Å². The maximum Gasteiger partial charge on any atom is 0.442 e. The second kappa shape index (κ2) is 3.43. The standard InChI is InChI=1S/C7H6F3N3O2/c8-7(9,10)6(15)2-4-12-13(6)5(14)1-3-11/h2,4,12,15H,1H2/t6-/m1/s1. The molecular formula is C7H6F3N3O2. The summed E-state index contributed by atoms with van der Waals surface area (Å²) in [6.07, 6.45) is -4.61. The summed E-state index contributed by atoms with van der Waals surface area (Å²) in [4.78, 5) is 11.0. The molecule has 1 amide bonds. The molecule has 0 saturated heterocycles. The Kier molecular flexibility index (Phi) is 2.59. The molecule has 1 rings (SSSR count). The van der Waals surface area contributed by atoms with Crippen molar-refractivity contribution in [3.05, 3.63) is 12.3 Å². The molecule has 0 aromatic carbocycles. The van der Waals surface area contributed by atoms with Gasteiger partial charge in [-0.1, -0.05) is 0 Å². The molecule has 0 unspecified atom stereocenters. The van der Waals surface area contributed by atoms with Crippen LogP contribution in [0.15, 0.2) is 12.3 Å². The molecule has 0 spiro atoms. The molecule has 8 heteroatoms. The lowest BCUT2D eigenvalue weighted by Gasteiger charge is -2.33. The molecule has 0 aromatic rings. The van der Waals surface area contributed by atoms with Crippen molar-refractivity contribution in [1.29, 1.82) is 5.26 Å². The van der Waals surface area contributed by atoms with Crippen LogP contribution in [0.2, 0.25) is 0 Å². The van der Waals surface area contributed by atoms with Crippen molar-refractivity contribution in [2.75, 3.05) is 0 Å². The SMILES string of the molecule is N#CCC(=O)N1NC=C[C@@]1(O)C(F)(F)F. The molecule has 1 aliphatic rings. The predicted molar refractivity (Wildman–Crippen MR) is 40.4 cm³/mol. The van der Waals surface area contributed by atoms with Crippen molar-refractivity contribution in [3.8, 4) is 6.07 Å². The minimum atomic E-state index is -5.03. The summed E-state index contributed by atoms with van der Waals surface area (Å²) in [6.45, 7) is 0. The van der Waals surface area contributed by atoms with Gasteiger partial charge in [-0.3, -0.25) is 4.79 Å². The Bertz CT molecular complexity index is 346. The van der Waals surface area contributed by atoms with Gasteiger partial charge in [0, 0.05) is 6.20 Å². The second-order valence-electron chi connectivity index (χ2n) is 2.75. The van der Waals surface area contributed by atoms with Crippen LogP contribution in [0.3, 0.4) is 0 Å². The van der Waals surface area contributed by atoms with E-state index in [1.807, 2.05) is 5.43 Å². The first-order valence-corrected chi connectivity index (χ1v) is 3.76. The highest BCUT2D eigenvalue weighted by atomic mass is 19.4. The van der Waals surface area contributed by atoms with Gasteiger partial charge in [0.05, 0.1) is 6.07 Å². The number of hydrogen-bond donors (Lipinski definition) is 2. The molecule has 0 aliphatic carbocycles. The van der Waals surface area contributed by atoms with Gasteiger partial charge in [-0.25, -0.2) is 5.01 Å². The van der Waals surface area contributed by atoms with E-state index in [0.717, 1.165) is 6.20 Å². The van der Waals surface area contributed by atoms with Crippen LogP contribution in [0.25, 0.3) is 0 Å². The molecule has 15 heavy (non-hydrogen) atoms. The zero-order chi connectivity index (χ0) is 11.7. The number of carbonyl (C=O) groups excluding carboxylic acids is 1. The molecule has 82 valence electrons. The Morgan fingerprint density at radius 2 is 2.27 bits per heavy atom. The quantitative estimate of drug-likeness (QED) is 0.654. The maximum absolute atomic E-state index is 12.4. The predicted octanol–water partition coefficient (Wildman–Crippen LogP) is 0.0115. The summed E-state index contributed by atoms with van der Waals surface area (Å²) in [5, 5.41) is 17.3. The number of aliphatic hydroxyl groups is 1. The summed E-state index contributed by atoms with van der Waals surface area (Å²) < 4.78 is 37.1. The molecule has 1 heterocycles. The third kappa shape index (κ3) is 1.73. The number of hydrazine groups is 1. The van der Waals surface area contributed by atoms with Gasteiger partial charge in [0.25, 0.3) is 11.6 Å². The molecule has 1 aliphatic heterocycles. The third-order valence-electron chi connectivity index (χ3n) is 1.76. The molecule has 0 fully saturated rings. The smallest absolute Gasteiger partial charge is 0.359 e. The van der Waals surface area contributed by atoms with Crippen LogP contribution < -0.4 is 5.43 Å². The molecule has 2 N–H and O–H groups in total. The first-order chi connectivity index (χ1) is 6.83. The van der Waals surface area contributed by atoms with Gasteiger partial charge in [-0.2, -0.15) is 18.4 Å². The number of amides is 1. The van der Waals surface area contributed by atoms with Crippen LogP contribution in [0.1, 0.15) is 6.42 Å². The van der Waals surface area contributed by atoms with Crippen LogP contribution in [0, 0.1) is 11.3 Å². The number of nitriles is 1. The first-order valence-electron chi connectivity index (χ1n) is 3.76. The van der Waals surface area contributed by atoms with Crippen molar-refractivity contribution >= 4 is 5.91 Å². The lowest BCUT2D eigenvalue weighted by atomic mass is 10.2. The van der Waals surface area contributed by atoms with Crippen LogP contribution in [-0.4, -0.2) is 27.9 Å². The van der Waals surface area contributed by atoms with Gasteiger partial charge >= 0.3 is 6.18 Å². The van der Waals surface area contributed by atoms with E-state index in [1.54, 1.807) is 0 Å².